The Morgan fingerprint density at radius 3 is 2.62 bits per heavy atom. The number of anilines is 1. The second-order valence-electron chi connectivity index (χ2n) is 7.17. The van der Waals surface area contributed by atoms with Gasteiger partial charge in [0.25, 0.3) is 5.82 Å². The Kier molecular flexibility index (Phi) is 4.51. The molecule has 1 aromatic heterocycles. The highest BCUT2D eigenvalue weighted by atomic mass is 19.4. The number of halogens is 3. The largest absolute Gasteiger partial charge is 0.497 e. The van der Waals surface area contributed by atoms with E-state index in [0.717, 1.165) is 4.68 Å². The highest BCUT2D eigenvalue weighted by Gasteiger charge is 2.43. The van der Waals surface area contributed by atoms with Crippen molar-refractivity contribution in [2.75, 3.05) is 19.5 Å². The summed E-state index contributed by atoms with van der Waals surface area (Å²) in [6.07, 6.45) is -3.87. The molecule has 1 aromatic carbocycles. The Hall–Kier alpha value is -3.04. The topological polar surface area (TPSA) is 78.3 Å². The predicted octanol–water partition coefficient (Wildman–Crippen LogP) is 3.58. The molecule has 2 atom stereocenters. The lowest BCUT2D eigenvalue weighted by molar-refractivity contribution is -0.145. The van der Waals surface area contributed by atoms with Gasteiger partial charge in [-0.25, -0.2) is 4.68 Å². The number of hydrogen-bond donors (Lipinski definition) is 1. The molecule has 10 heteroatoms. The fourth-order valence-corrected chi connectivity index (χ4v) is 3.86. The molecule has 29 heavy (non-hydrogen) atoms. The lowest BCUT2D eigenvalue weighted by Gasteiger charge is -2.34. The SMILES string of the molecule is COc1ccc([C@@H]2C3=C(C[C@H](C)CC3=O)Nc3nc(C(F)(F)F)nn32)c(OC)c1. The third-order valence-corrected chi connectivity index (χ3v) is 5.11. The molecule has 0 amide bonds. The fraction of sp³-hybridized carbons (Fsp3) is 0.421. The summed E-state index contributed by atoms with van der Waals surface area (Å²) in [7, 11) is 2.94. The average molecular weight is 408 g/mol. The van der Waals surface area contributed by atoms with E-state index >= 15 is 0 Å². The molecular weight excluding hydrogens is 389 g/mol. The van der Waals surface area contributed by atoms with Crippen LogP contribution in [0.3, 0.4) is 0 Å². The van der Waals surface area contributed by atoms with E-state index in [1.54, 1.807) is 18.2 Å². The van der Waals surface area contributed by atoms with Crippen LogP contribution in [0.4, 0.5) is 19.1 Å². The summed E-state index contributed by atoms with van der Waals surface area (Å²) in [4.78, 5) is 16.5. The first-order valence-electron chi connectivity index (χ1n) is 9.01. The van der Waals surface area contributed by atoms with Gasteiger partial charge in [-0.05, 0) is 24.5 Å². The van der Waals surface area contributed by atoms with Crippen LogP contribution in [0, 0.1) is 5.92 Å². The molecule has 0 saturated heterocycles. The number of allylic oxidation sites excluding steroid dienone is 2. The number of benzene rings is 1. The number of nitrogens with zero attached hydrogens (tertiary/aromatic N) is 3. The number of ketones is 1. The molecule has 0 saturated carbocycles. The molecule has 154 valence electrons. The maximum atomic E-state index is 13.3. The fourth-order valence-electron chi connectivity index (χ4n) is 3.86. The molecule has 1 N–H and O–H groups in total. The van der Waals surface area contributed by atoms with Gasteiger partial charge in [-0.2, -0.15) is 18.2 Å². The molecule has 2 aliphatic rings. The number of nitrogens with one attached hydrogen (secondary N) is 1. The Bertz CT molecular complexity index is 1010. The van der Waals surface area contributed by atoms with Gasteiger partial charge in [0, 0.05) is 29.3 Å². The average Bonchev–Trinajstić information content (AvgIpc) is 3.09. The van der Waals surface area contributed by atoms with Crippen LogP contribution < -0.4 is 14.8 Å². The molecular formula is C19H19F3N4O3. The van der Waals surface area contributed by atoms with Gasteiger partial charge < -0.3 is 14.8 Å². The molecule has 2 heterocycles. The smallest absolute Gasteiger partial charge is 0.453 e. The van der Waals surface area contributed by atoms with Crippen LogP contribution in [-0.4, -0.2) is 34.8 Å². The van der Waals surface area contributed by atoms with Crippen LogP contribution in [0.1, 0.15) is 37.2 Å². The number of Topliss-reactive ketones (excluding diaryl/α,β-unsaturated/α-hetero) is 1. The van der Waals surface area contributed by atoms with E-state index in [-0.39, 0.29) is 17.6 Å². The summed E-state index contributed by atoms with van der Waals surface area (Å²) in [5.41, 5.74) is 1.47. The molecule has 7 nitrogen and oxygen atoms in total. The number of hydrogen-bond acceptors (Lipinski definition) is 6. The number of fused-ring (bicyclic) bond motifs is 1. The van der Waals surface area contributed by atoms with Crippen molar-refractivity contribution in [2.45, 2.75) is 32.0 Å². The second-order valence-corrected chi connectivity index (χ2v) is 7.17. The highest BCUT2D eigenvalue weighted by Crippen LogP contribution is 2.45. The van der Waals surface area contributed by atoms with E-state index in [9.17, 15) is 18.0 Å². The zero-order valence-corrected chi connectivity index (χ0v) is 16.0. The summed E-state index contributed by atoms with van der Waals surface area (Å²) < 4.78 is 51.6. The zero-order chi connectivity index (χ0) is 20.9. The van der Waals surface area contributed by atoms with Gasteiger partial charge in [-0.15, -0.1) is 5.10 Å². The van der Waals surface area contributed by atoms with Crippen molar-refractivity contribution in [2.24, 2.45) is 5.92 Å². The standard InChI is InChI=1S/C19H19F3N4O3/c1-9-6-12-15(13(27)7-9)16(11-5-4-10(28-2)8-14(11)29-3)26-18(23-12)24-17(25-26)19(20,21)22/h4-5,8-9,16H,6-7H2,1-3H3,(H,23,24,25)/t9-,16+/m0/s1. The molecule has 0 spiro atoms. The summed E-state index contributed by atoms with van der Waals surface area (Å²) in [5.74, 6) is -0.483. The van der Waals surface area contributed by atoms with Gasteiger partial charge in [-0.3, -0.25) is 4.79 Å². The third-order valence-electron chi connectivity index (χ3n) is 5.11. The van der Waals surface area contributed by atoms with Crippen molar-refractivity contribution < 1.29 is 27.4 Å². The van der Waals surface area contributed by atoms with Gasteiger partial charge in [0.1, 0.15) is 17.5 Å². The Morgan fingerprint density at radius 1 is 1.21 bits per heavy atom. The third kappa shape index (κ3) is 3.22. The highest BCUT2D eigenvalue weighted by molar-refractivity contribution is 5.99. The number of rotatable bonds is 3. The minimum Gasteiger partial charge on any atom is -0.497 e. The van der Waals surface area contributed by atoms with Gasteiger partial charge in [-0.1, -0.05) is 6.92 Å². The van der Waals surface area contributed by atoms with Crippen molar-refractivity contribution in [3.63, 3.8) is 0 Å². The number of alkyl halides is 3. The van der Waals surface area contributed by atoms with Crippen molar-refractivity contribution in [1.29, 1.82) is 0 Å². The van der Waals surface area contributed by atoms with Gasteiger partial charge in [0.2, 0.25) is 5.95 Å². The number of aromatic nitrogens is 3. The lowest BCUT2D eigenvalue weighted by atomic mass is 9.81. The predicted molar refractivity (Wildman–Crippen MR) is 96.8 cm³/mol. The van der Waals surface area contributed by atoms with E-state index in [2.05, 4.69) is 15.4 Å². The lowest BCUT2D eigenvalue weighted by Crippen LogP contribution is -2.33. The number of carbonyl (C=O) groups is 1. The van der Waals surface area contributed by atoms with Gasteiger partial charge in [0.05, 0.1) is 14.2 Å². The minimum absolute atomic E-state index is 0.0548. The molecule has 0 bridgehead atoms. The van der Waals surface area contributed by atoms with E-state index in [1.807, 2.05) is 6.92 Å². The van der Waals surface area contributed by atoms with Crippen LogP contribution in [0.25, 0.3) is 0 Å². The summed E-state index contributed by atoms with van der Waals surface area (Å²) >= 11 is 0. The zero-order valence-electron chi connectivity index (χ0n) is 16.0. The van der Waals surface area contributed by atoms with E-state index in [0.29, 0.717) is 41.2 Å². The van der Waals surface area contributed by atoms with Gasteiger partial charge in [0.15, 0.2) is 5.78 Å². The molecule has 1 aliphatic carbocycles. The first-order chi connectivity index (χ1) is 13.7. The van der Waals surface area contributed by atoms with E-state index < -0.39 is 18.0 Å². The van der Waals surface area contributed by atoms with Crippen LogP contribution in [-0.2, 0) is 11.0 Å². The molecule has 0 unspecified atom stereocenters. The van der Waals surface area contributed by atoms with Crippen molar-refractivity contribution in [1.82, 2.24) is 14.8 Å². The van der Waals surface area contributed by atoms with E-state index in [4.69, 9.17) is 9.47 Å². The summed E-state index contributed by atoms with van der Waals surface area (Å²) in [6, 6.07) is 4.07. The molecule has 0 fully saturated rings. The maximum absolute atomic E-state index is 13.3. The number of methoxy groups -OCH3 is 2. The molecule has 4 rings (SSSR count). The van der Waals surface area contributed by atoms with Crippen LogP contribution in [0.15, 0.2) is 29.5 Å². The summed E-state index contributed by atoms with van der Waals surface area (Å²) in [5, 5.41) is 6.58. The quantitative estimate of drug-likeness (QED) is 0.837. The van der Waals surface area contributed by atoms with Crippen LogP contribution in [0.5, 0.6) is 11.5 Å². The molecule has 1 aliphatic heterocycles. The normalized spacial score (nSPS) is 21.4. The molecule has 2 aromatic rings. The maximum Gasteiger partial charge on any atom is 0.453 e. The van der Waals surface area contributed by atoms with E-state index in [1.165, 1.54) is 14.2 Å². The molecule has 0 radical (unpaired) electrons. The number of ether oxygens (including phenoxy) is 2. The first kappa shape index (κ1) is 19.3. The Balaban J connectivity index is 1.94. The number of carbonyl (C=O) groups excluding carboxylic acids is 1. The summed E-state index contributed by atoms with van der Waals surface area (Å²) in [6.45, 7) is 1.92. The van der Waals surface area contributed by atoms with Crippen molar-refractivity contribution in [3.05, 3.63) is 40.9 Å². The van der Waals surface area contributed by atoms with Crippen LogP contribution >= 0.6 is 0 Å². The monoisotopic (exact) mass is 408 g/mol. The van der Waals surface area contributed by atoms with Crippen LogP contribution in [0.2, 0.25) is 0 Å². The van der Waals surface area contributed by atoms with Crippen molar-refractivity contribution in [3.8, 4) is 11.5 Å². The van der Waals surface area contributed by atoms with Gasteiger partial charge >= 0.3 is 6.18 Å². The Morgan fingerprint density at radius 2 is 1.97 bits per heavy atom. The minimum atomic E-state index is -4.71. The second kappa shape index (κ2) is 6.78. The Labute approximate surface area is 164 Å². The van der Waals surface area contributed by atoms with Crippen molar-refractivity contribution >= 4 is 11.7 Å². The first-order valence-corrected chi connectivity index (χ1v) is 9.01.